The Morgan fingerprint density at radius 1 is 1.44 bits per heavy atom. The average molecular weight is 238 g/mol. The monoisotopic (exact) mass is 238 g/mol. The van der Waals surface area contributed by atoms with Gasteiger partial charge in [0.25, 0.3) is 0 Å². The zero-order chi connectivity index (χ0) is 12.8. The molecule has 18 heavy (non-hydrogen) atoms. The zero-order valence-corrected chi connectivity index (χ0v) is 10.2. The molecule has 0 aromatic carbocycles. The molecule has 4 heteroatoms. The third-order valence-electron chi connectivity index (χ3n) is 2.54. The minimum atomic E-state index is 0.865. The maximum atomic E-state index is 4.32. The summed E-state index contributed by atoms with van der Waals surface area (Å²) in [7, 11) is 0. The lowest BCUT2D eigenvalue weighted by atomic mass is 10.0. The van der Waals surface area contributed by atoms with Crippen LogP contribution in [0.4, 0.5) is 0 Å². The van der Waals surface area contributed by atoms with E-state index in [0.717, 1.165) is 22.5 Å². The van der Waals surface area contributed by atoms with Gasteiger partial charge in [0.2, 0.25) is 0 Å². The van der Waals surface area contributed by atoms with Crippen molar-refractivity contribution in [2.75, 3.05) is 0 Å². The standard InChI is InChI=1S/C14H14N4/c1-3-11(7-9-15-2)12-10-17-18-14(12)13-6-4-5-8-16-13/h3-10H,2H2,1H3,(H,17,18)/b9-7-,11-3+. The quantitative estimate of drug-likeness (QED) is 0.657. The van der Waals surface area contributed by atoms with Gasteiger partial charge in [0.1, 0.15) is 0 Å². The second-order valence-electron chi connectivity index (χ2n) is 3.62. The minimum absolute atomic E-state index is 0.865. The van der Waals surface area contributed by atoms with E-state index in [1.807, 2.05) is 37.3 Å². The van der Waals surface area contributed by atoms with Crippen LogP contribution in [0.2, 0.25) is 0 Å². The lowest BCUT2D eigenvalue weighted by molar-refractivity contribution is 1.09. The number of aliphatic imine (C=N–C) groups is 1. The largest absolute Gasteiger partial charge is 0.276 e. The summed E-state index contributed by atoms with van der Waals surface area (Å²) in [4.78, 5) is 8.04. The first-order valence-electron chi connectivity index (χ1n) is 5.60. The van der Waals surface area contributed by atoms with E-state index in [1.165, 1.54) is 0 Å². The van der Waals surface area contributed by atoms with Crippen molar-refractivity contribution in [3.8, 4) is 11.4 Å². The van der Waals surface area contributed by atoms with Gasteiger partial charge in [-0.15, -0.1) is 0 Å². The van der Waals surface area contributed by atoms with Crippen LogP contribution < -0.4 is 0 Å². The molecule has 0 aliphatic carbocycles. The highest BCUT2D eigenvalue weighted by atomic mass is 15.1. The Morgan fingerprint density at radius 2 is 2.33 bits per heavy atom. The number of aromatic amines is 1. The van der Waals surface area contributed by atoms with Crippen LogP contribution in [-0.2, 0) is 0 Å². The normalized spacial score (nSPS) is 11.9. The van der Waals surface area contributed by atoms with E-state index in [0.29, 0.717) is 0 Å². The van der Waals surface area contributed by atoms with E-state index in [-0.39, 0.29) is 0 Å². The number of nitrogens with zero attached hydrogens (tertiary/aromatic N) is 3. The summed E-state index contributed by atoms with van der Waals surface area (Å²) in [6.07, 6.45) is 9.09. The van der Waals surface area contributed by atoms with Gasteiger partial charge in [-0.05, 0) is 37.4 Å². The van der Waals surface area contributed by atoms with Crippen molar-refractivity contribution in [2.24, 2.45) is 4.99 Å². The molecule has 2 aromatic rings. The van der Waals surface area contributed by atoms with Crippen molar-refractivity contribution in [1.29, 1.82) is 0 Å². The fourth-order valence-electron chi connectivity index (χ4n) is 1.69. The summed E-state index contributed by atoms with van der Waals surface area (Å²) in [5.74, 6) is 0. The summed E-state index contributed by atoms with van der Waals surface area (Å²) in [6.45, 7) is 5.40. The van der Waals surface area contributed by atoms with E-state index in [2.05, 4.69) is 26.9 Å². The third-order valence-corrected chi connectivity index (χ3v) is 2.54. The van der Waals surface area contributed by atoms with E-state index in [1.54, 1.807) is 18.6 Å². The number of aromatic nitrogens is 3. The number of H-pyrrole nitrogens is 1. The molecule has 0 unspecified atom stereocenters. The van der Waals surface area contributed by atoms with Gasteiger partial charge in [-0.2, -0.15) is 5.10 Å². The number of rotatable bonds is 4. The van der Waals surface area contributed by atoms with Crippen LogP contribution in [0.5, 0.6) is 0 Å². The van der Waals surface area contributed by atoms with E-state index >= 15 is 0 Å². The molecule has 0 saturated heterocycles. The second-order valence-corrected chi connectivity index (χ2v) is 3.62. The van der Waals surface area contributed by atoms with Crippen molar-refractivity contribution in [2.45, 2.75) is 6.92 Å². The first-order valence-corrected chi connectivity index (χ1v) is 5.60. The summed E-state index contributed by atoms with van der Waals surface area (Å²) in [6, 6.07) is 5.78. The van der Waals surface area contributed by atoms with Crippen LogP contribution in [0.15, 0.2) is 53.9 Å². The number of allylic oxidation sites excluding steroid dienone is 3. The Kier molecular flexibility index (Phi) is 3.81. The lowest BCUT2D eigenvalue weighted by Crippen LogP contribution is -1.87. The molecule has 2 heterocycles. The van der Waals surface area contributed by atoms with Gasteiger partial charge in [0.05, 0.1) is 17.6 Å². The Balaban J connectivity index is 2.45. The molecular formula is C14H14N4. The van der Waals surface area contributed by atoms with Crippen LogP contribution in [0.1, 0.15) is 12.5 Å². The van der Waals surface area contributed by atoms with Gasteiger partial charge < -0.3 is 0 Å². The van der Waals surface area contributed by atoms with Crippen molar-refractivity contribution >= 4 is 12.3 Å². The molecule has 0 spiro atoms. The maximum absolute atomic E-state index is 4.32. The van der Waals surface area contributed by atoms with Crippen LogP contribution >= 0.6 is 0 Å². The van der Waals surface area contributed by atoms with Gasteiger partial charge in [0.15, 0.2) is 0 Å². The molecule has 0 aliphatic rings. The Hall–Kier alpha value is -2.49. The molecule has 2 rings (SSSR count). The third kappa shape index (κ3) is 2.43. The summed E-state index contributed by atoms with van der Waals surface area (Å²) < 4.78 is 0. The van der Waals surface area contributed by atoms with Gasteiger partial charge in [0, 0.05) is 18.0 Å². The van der Waals surface area contributed by atoms with Crippen LogP contribution in [0.3, 0.4) is 0 Å². The Morgan fingerprint density at radius 3 is 3.00 bits per heavy atom. The van der Waals surface area contributed by atoms with Crippen molar-refractivity contribution < 1.29 is 0 Å². The maximum Gasteiger partial charge on any atom is 0.0912 e. The van der Waals surface area contributed by atoms with E-state index in [9.17, 15) is 0 Å². The Labute approximate surface area is 106 Å². The highest BCUT2D eigenvalue weighted by Gasteiger charge is 2.10. The average Bonchev–Trinajstić information content (AvgIpc) is 2.90. The molecule has 90 valence electrons. The summed E-state index contributed by atoms with van der Waals surface area (Å²) >= 11 is 0. The number of hydrogen-bond acceptors (Lipinski definition) is 3. The van der Waals surface area contributed by atoms with Crippen LogP contribution in [0.25, 0.3) is 17.0 Å². The molecular weight excluding hydrogens is 224 g/mol. The molecule has 0 radical (unpaired) electrons. The van der Waals surface area contributed by atoms with Crippen LogP contribution in [-0.4, -0.2) is 21.9 Å². The zero-order valence-electron chi connectivity index (χ0n) is 10.2. The molecule has 1 N–H and O–H groups in total. The SMILES string of the molecule is C=N/C=C\C(=C/C)c1cn[nH]c1-c1ccccn1. The van der Waals surface area contributed by atoms with E-state index in [4.69, 9.17) is 0 Å². The summed E-state index contributed by atoms with van der Waals surface area (Å²) in [5.41, 5.74) is 3.79. The van der Waals surface area contributed by atoms with Crippen molar-refractivity contribution in [1.82, 2.24) is 15.2 Å². The fraction of sp³-hybridized carbons (Fsp3) is 0.0714. The molecule has 0 atom stereocenters. The molecule has 0 bridgehead atoms. The van der Waals surface area contributed by atoms with Gasteiger partial charge in [-0.1, -0.05) is 12.1 Å². The summed E-state index contributed by atoms with van der Waals surface area (Å²) in [5, 5.41) is 7.07. The molecule has 0 saturated carbocycles. The highest BCUT2D eigenvalue weighted by molar-refractivity contribution is 5.82. The Bertz CT molecular complexity index is 579. The predicted molar refractivity (Wildman–Crippen MR) is 74.2 cm³/mol. The first-order chi connectivity index (χ1) is 8.86. The number of nitrogens with one attached hydrogen (secondary N) is 1. The molecule has 2 aromatic heterocycles. The molecule has 0 amide bonds. The van der Waals surface area contributed by atoms with Crippen LogP contribution in [0, 0.1) is 0 Å². The first kappa shape index (κ1) is 12.0. The van der Waals surface area contributed by atoms with Crippen molar-refractivity contribution in [3.05, 3.63) is 54.5 Å². The number of hydrogen-bond donors (Lipinski definition) is 1. The smallest absolute Gasteiger partial charge is 0.0912 e. The number of pyridine rings is 1. The molecule has 0 fully saturated rings. The van der Waals surface area contributed by atoms with Gasteiger partial charge >= 0.3 is 0 Å². The highest BCUT2D eigenvalue weighted by Crippen LogP contribution is 2.25. The fourth-order valence-corrected chi connectivity index (χ4v) is 1.69. The molecule has 4 nitrogen and oxygen atoms in total. The molecule has 0 aliphatic heterocycles. The second kappa shape index (κ2) is 5.72. The van der Waals surface area contributed by atoms with E-state index < -0.39 is 0 Å². The topological polar surface area (TPSA) is 53.9 Å². The minimum Gasteiger partial charge on any atom is -0.276 e. The predicted octanol–water partition coefficient (Wildman–Crippen LogP) is 3.09. The van der Waals surface area contributed by atoms with Gasteiger partial charge in [-0.25, -0.2) is 0 Å². The van der Waals surface area contributed by atoms with Gasteiger partial charge in [-0.3, -0.25) is 15.1 Å². The van der Waals surface area contributed by atoms with Crippen molar-refractivity contribution in [3.63, 3.8) is 0 Å². The lowest BCUT2D eigenvalue weighted by Gasteiger charge is -2.02.